The number of carbonyl (C=O) groups excluding carboxylic acids is 1. The van der Waals surface area contributed by atoms with Crippen LogP contribution in [0.4, 0.5) is 8.78 Å². The van der Waals surface area contributed by atoms with Gasteiger partial charge in [0.25, 0.3) is 0 Å². The number of ketones is 1. The van der Waals surface area contributed by atoms with Crippen molar-refractivity contribution in [3.63, 3.8) is 0 Å². The number of aromatic nitrogens is 1. The number of benzene rings is 1. The molecule has 0 saturated heterocycles. The van der Waals surface area contributed by atoms with Gasteiger partial charge in [-0.25, -0.2) is 8.78 Å². The van der Waals surface area contributed by atoms with Gasteiger partial charge in [-0.1, -0.05) is 0 Å². The van der Waals surface area contributed by atoms with Gasteiger partial charge in [-0.3, -0.25) is 9.78 Å². The standard InChI is InChI=1S/C13H9F2NO/c1-8-4-9(7-16-6-8)13(17)11-5-10(14)2-3-12(11)15/h2-7H,1H3. The molecule has 2 rings (SSSR count). The molecular formula is C13H9F2NO. The zero-order valence-corrected chi connectivity index (χ0v) is 9.08. The van der Waals surface area contributed by atoms with E-state index >= 15 is 0 Å². The second-order valence-corrected chi connectivity index (χ2v) is 3.70. The second-order valence-electron chi connectivity index (χ2n) is 3.70. The fourth-order valence-electron chi connectivity index (χ4n) is 1.51. The van der Waals surface area contributed by atoms with E-state index in [1.165, 1.54) is 6.20 Å². The number of carbonyl (C=O) groups is 1. The Bertz CT molecular complexity index is 581. The van der Waals surface area contributed by atoms with Crippen molar-refractivity contribution >= 4 is 5.78 Å². The molecule has 0 fully saturated rings. The summed E-state index contributed by atoms with van der Waals surface area (Å²) in [7, 11) is 0. The topological polar surface area (TPSA) is 30.0 Å². The summed E-state index contributed by atoms with van der Waals surface area (Å²) in [5, 5.41) is 0. The molecule has 0 amide bonds. The highest BCUT2D eigenvalue weighted by Crippen LogP contribution is 2.15. The third kappa shape index (κ3) is 2.36. The Kier molecular flexibility index (Phi) is 2.95. The molecule has 86 valence electrons. The molecule has 0 saturated carbocycles. The van der Waals surface area contributed by atoms with Crippen LogP contribution in [0, 0.1) is 18.6 Å². The number of rotatable bonds is 2. The Labute approximate surface area is 96.9 Å². The molecule has 0 aliphatic rings. The summed E-state index contributed by atoms with van der Waals surface area (Å²) >= 11 is 0. The van der Waals surface area contributed by atoms with Gasteiger partial charge in [-0.05, 0) is 36.8 Å². The predicted octanol–water partition coefficient (Wildman–Crippen LogP) is 2.90. The van der Waals surface area contributed by atoms with Crippen molar-refractivity contribution in [2.75, 3.05) is 0 Å². The van der Waals surface area contributed by atoms with Crippen molar-refractivity contribution in [2.45, 2.75) is 6.92 Å². The van der Waals surface area contributed by atoms with E-state index < -0.39 is 17.4 Å². The fraction of sp³-hybridized carbons (Fsp3) is 0.0769. The number of nitrogens with zero attached hydrogens (tertiary/aromatic N) is 1. The van der Waals surface area contributed by atoms with Crippen molar-refractivity contribution < 1.29 is 13.6 Å². The molecule has 0 spiro atoms. The summed E-state index contributed by atoms with van der Waals surface area (Å²) in [4.78, 5) is 15.8. The molecule has 0 aliphatic heterocycles. The van der Waals surface area contributed by atoms with E-state index in [9.17, 15) is 13.6 Å². The molecule has 1 aromatic heterocycles. The summed E-state index contributed by atoms with van der Waals surface area (Å²) in [6.45, 7) is 1.77. The summed E-state index contributed by atoms with van der Waals surface area (Å²) < 4.78 is 26.4. The minimum atomic E-state index is -0.738. The van der Waals surface area contributed by atoms with Gasteiger partial charge in [0.15, 0.2) is 5.78 Å². The highest BCUT2D eigenvalue weighted by molar-refractivity contribution is 6.09. The van der Waals surface area contributed by atoms with Crippen molar-refractivity contribution in [3.8, 4) is 0 Å². The maximum absolute atomic E-state index is 13.4. The first-order valence-electron chi connectivity index (χ1n) is 4.99. The Balaban J connectivity index is 2.47. The summed E-state index contributed by atoms with van der Waals surface area (Å²) in [5.74, 6) is -1.95. The summed E-state index contributed by atoms with van der Waals surface area (Å²) in [5.41, 5.74) is 0.750. The van der Waals surface area contributed by atoms with Crippen LogP contribution in [0.1, 0.15) is 21.5 Å². The van der Waals surface area contributed by atoms with Gasteiger partial charge >= 0.3 is 0 Å². The van der Waals surface area contributed by atoms with Gasteiger partial charge in [-0.2, -0.15) is 0 Å². The molecule has 1 heterocycles. The molecular weight excluding hydrogens is 224 g/mol. The minimum Gasteiger partial charge on any atom is -0.288 e. The van der Waals surface area contributed by atoms with Crippen molar-refractivity contribution in [3.05, 3.63) is 65.0 Å². The lowest BCUT2D eigenvalue weighted by molar-refractivity contribution is 0.103. The van der Waals surface area contributed by atoms with Gasteiger partial charge in [0.2, 0.25) is 0 Å². The quantitative estimate of drug-likeness (QED) is 0.746. The van der Waals surface area contributed by atoms with Crippen LogP contribution in [0.3, 0.4) is 0 Å². The molecule has 0 unspecified atom stereocenters. The minimum absolute atomic E-state index is 0.245. The maximum Gasteiger partial charge on any atom is 0.197 e. The second kappa shape index (κ2) is 4.41. The van der Waals surface area contributed by atoms with Gasteiger partial charge in [0, 0.05) is 18.0 Å². The molecule has 0 bridgehead atoms. The predicted molar refractivity (Wildman–Crippen MR) is 58.8 cm³/mol. The molecule has 0 aliphatic carbocycles. The van der Waals surface area contributed by atoms with E-state index in [4.69, 9.17) is 0 Å². The Morgan fingerprint density at radius 3 is 2.65 bits per heavy atom. The van der Waals surface area contributed by atoms with Crippen LogP contribution >= 0.6 is 0 Å². The van der Waals surface area contributed by atoms with E-state index in [-0.39, 0.29) is 11.1 Å². The molecule has 2 nitrogen and oxygen atoms in total. The number of hydrogen-bond acceptors (Lipinski definition) is 2. The monoisotopic (exact) mass is 233 g/mol. The van der Waals surface area contributed by atoms with Crippen LogP contribution in [0.2, 0.25) is 0 Å². The highest BCUT2D eigenvalue weighted by Gasteiger charge is 2.15. The van der Waals surface area contributed by atoms with Crippen LogP contribution in [0.5, 0.6) is 0 Å². The number of halogens is 2. The van der Waals surface area contributed by atoms with Crippen LogP contribution in [-0.4, -0.2) is 10.8 Å². The van der Waals surface area contributed by atoms with Crippen LogP contribution in [0.15, 0.2) is 36.7 Å². The van der Waals surface area contributed by atoms with Crippen LogP contribution < -0.4 is 0 Å². The molecule has 0 N–H and O–H groups in total. The molecule has 4 heteroatoms. The summed E-state index contributed by atoms with van der Waals surface area (Å²) in [6.07, 6.45) is 2.92. The van der Waals surface area contributed by atoms with Gasteiger partial charge in [-0.15, -0.1) is 0 Å². The smallest absolute Gasteiger partial charge is 0.197 e. The Morgan fingerprint density at radius 1 is 1.18 bits per heavy atom. The van der Waals surface area contributed by atoms with E-state index in [1.54, 1.807) is 19.2 Å². The van der Waals surface area contributed by atoms with Crippen molar-refractivity contribution in [1.29, 1.82) is 0 Å². The first-order chi connectivity index (χ1) is 8.08. The van der Waals surface area contributed by atoms with Gasteiger partial charge in [0.1, 0.15) is 11.6 Å². The Morgan fingerprint density at radius 2 is 1.94 bits per heavy atom. The first kappa shape index (κ1) is 11.4. The lowest BCUT2D eigenvalue weighted by atomic mass is 10.0. The zero-order valence-electron chi connectivity index (χ0n) is 9.08. The summed E-state index contributed by atoms with van der Waals surface area (Å²) in [6, 6.07) is 4.38. The maximum atomic E-state index is 13.4. The molecule has 2 aromatic rings. The van der Waals surface area contributed by atoms with Crippen LogP contribution in [-0.2, 0) is 0 Å². The SMILES string of the molecule is Cc1cncc(C(=O)c2cc(F)ccc2F)c1. The normalized spacial score (nSPS) is 10.3. The zero-order chi connectivity index (χ0) is 12.4. The van der Waals surface area contributed by atoms with Crippen molar-refractivity contribution in [2.24, 2.45) is 0 Å². The number of aryl methyl sites for hydroxylation is 1. The lowest BCUT2D eigenvalue weighted by Gasteiger charge is -2.03. The van der Waals surface area contributed by atoms with Crippen molar-refractivity contribution in [1.82, 2.24) is 4.98 Å². The number of hydrogen-bond donors (Lipinski definition) is 0. The van der Waals surface area contributed by atoms with E-state index in [1.807, 2.05) is 0 Å². The Hall–Kier alpha value is -2.10. The van der Waals surface area contributed by atoms with E-state index in [0.29, 0.717) is 0 Å². The number of pyridine rings is 1. The average Bonchev–Trinajstić information content (AvgIpc) is 2.31. The fourth-order valence-corrected chi connectivity index (χ4v) is 1.51. The van der Waals surface area contributed by atoms with Gasteiger partial charge < -0.3 is 0 Å². The first-order valence-corrected chi connectivity index (χ1v) is 4.99. The molecule has 1 aromatic carbocycles. The highest BCUT2D eigenvalue weighted by atomic mass is 19.1. The van der Waals surface area contributed by atoms with E-state index in [0.717, 1.165) is 23.8 Å². The molecule has 0 radical (unpaired) electrons. The third-order valence-electron chi connectivity index (χ3n) is 2.31. The lowest BCUT2D eigenvalue weighted by Crippen LogP contribution is -2.05. The largest absolute Gasteiger partial charge is 0.288 e. The average molecular weight is 233 g/mol. The van der Waals surface area contributed by atoms with Crippen LogP contribution in [0.25, 0.3) is 0 Å². The van der Waals surface area contributed by atoms with Gasteiger partial charge in [0.05, 0.1) is 5.56 Å². The molecule has 17 heavy (non-hydrogen) atoms. The van der Waals surface area contributed by atoms with E-state index in [2.05, 4.69) is 4.98 Å². The molecule has 0 atom stereocenters. The third-order valence-corrected chi connectivity index (χ3v) is 2.31.